The summed E-state index contributed by atoms with van der Waals surface area (Å²) in [5.41, 5.74) is 5.82. The van der Waals surface area contributed by atoms with Crippen molar-refractivity contribution in [3.05, 3.63) is 0 Å². The summed E-state index contributed by atoms with van der Waals surface area (Å²) in [5, 5.41) is 0. The van der Waals surface area contributed by atoms with Crippen LogP contribution in [0.3, 0.4) is 0 Å². The van der Waals surface area contributed by atoms with Gasteiger partial charge in [-0.1, -0.05) is 26.7 Å². The summed E-state index contributed by atoms with van der Waals surface area (Å²) in [4.78, 5) is 14.1. The number of hydrogen-bond donors (Lipinski definition) is 1. The molecule has 0 saturated carbocycles. The molecule has 16 heavy (non-hydrogen) atoms. The van der Waals surface area contributed by atoms with Gasteiger partial charge in [0, 0.05) is 12.6 Å². The van der Waals surface area contributed by atoms with Gasteiger partial charge in [-0.25, -0.2) is 0 Å². The van der Waals surface area contributed by atoms with Crippen molar-refractivity contribution < 1.29 is 4.79 Å². The fourth-order valence-corrected chi connectivity index (χ4v) is 2.28. The maximum absolute atomic E-state index is 12.1. The lowest BCUT2D eigenvalue weighted by atomic mass is 10.1. The first-order valence-corrected chi connectivity index (χ1v) is 6.26. The Bertz CT molecular complexity index is 211. The van der Waals surface area contributed by atoms with E-state index in [1.807, 2.05) is 11.8 Å². The van der Waals surface area contributed by atoms with E-state index in [9.17, 15) is 4.79 Å². The number of amides is 1. The van der Waals surface area contributed by atoms with Crippen molar-refractivity contribution in [1.29, 1.82) is 0 Å². The fourth-order valence-electron chi connectivity index (χ4n) is 2.28. The molecule has 2 atom stereocenters. The molecule has 96 valence electrons. The first kappa shape index (κ1) is 15.7. The van der Waals surface area contributed by atoms with Crippen LogP contribution in [-0.4, -0.2) is 29.4 Å². The van der Waals surface area contributed by atoms with Crippen molar-refractivity contribution in [3.8, 4) is 0 Å². The molecule has 4 heteroatoms. The van der Waals surface area contributed by atoms with Crippen LogP contribution in [-0.2, 0) is 4.79 Å². The van der Waals surface area contributed by atoms with E-state index in [0.29, 0.717) is 6.04 Å². The molecule has 1 amide bonds. The van der Waals surface area contributed by atoms with Crippen molar-refractivity contribution >= 4 is 18.3 Å². The van der Waals surface area contributed by atoms with Crippen LogP contribution in [0.5, 0.6) is 0 Å². The van der Waals surface area contributed by atoms with E-state index in [-0.39, 0.29) is 24.4 Å². The second-order valence-corrected chi connectivity index (χ2v) is 4.46. The zero-order valence-corrected chi connectivity index (χ0v) is 11.3. The lowest BCUT2D eigenvalue weighted by molar-refractivity contribution is -0.135. The number of likely N-dealkylation sites (tertiary alicyclic amines) is 1. The Balaban J connectivity index is 0.00000225. The van der Waals surface area contributed by atoms with Gasteiger partial charge in [0.15, 0.2) is 0 Å². The minimum atomic E-state index is -0.294. The zero-order valence-electron chi connectivity index (χ0n) is 10.4. The van der Waals surface area contributed by atoms with Crippen molar-refractivity contribution in [1.82, 2.24) is 4.90 Å². The van der Waals surface area contributed by atoms with Gasteiger partial charge in [0.25, 0.3) is 0 Å². The maximum atomic E-state index is 12.1. The molecule has 1 aliphatic rings. The molecular weight excluding hydrogens is 224 g/mol. The van der Waals surface area contributed by atoms with Gasteiger partial charge in [-0.2, -0.15) is 0 Å². The molecule has 1 rings (SSSR count). The summed E-state index contributed by atoms with van der Waals surface area (Å²) >= 11 is 0. The monoisotopic (exact) mass is 248 g/mol. The molecule has 0 aromatic heterocycles. The SMILES string of the molecule is CCC1CCCCCN1C(=O)[C@@H](N)CC.Cl. The quantitative estimate of drug-likeness (QED) is 0.833. The lowest BCUT2D eigenvalue weighted by Gasteiger charge is -2.31. The van der Waals surface area contributed by atoms with Gasteiger partial charge in [0.1, 0.15) is 0 Å². The van der Waals surface area contributed by atoms with Crippen molar-refractivity contribution in [2.75, 3.05) is 6.54 Å². The molecular formula is C12H25ClN2O. The smallest absolute Gasteiger partial charge is 0.239 e. The Morgan fingerprint density at radius 3 is 2.62 bits per heavy atom. The van der Waals surface area contributed by atoms with Gasteiger partial charge in [0.05, 0.1) is 6.04 Å². The highest BCUT2D eigenvalue weighted by atomic mass is 35.5. The summed E-state index contributed by atoms with van der Waals surface area (Å²) in [6.07, 6.45) is 6.59. The number of halogens is 1. The highest BCUT2D eigenvalue weighted by Crippen LogP contribution is 2.19. The molecule has 0 bridgehead atoms. The van der Waals surface area contributed by atoms with Crippen LogP contribution in [0.15, 0.2) is 0 Å². The van der Waals surface area contributed by atoms with Crippen LogP contribution in [0.4, 0.5) is 0 Å². The van der Waals surface area contributed by atoms with Gasteiger partial charge in [-0.05, 0) is 25.7 Å². The minimum Gasteiger partial charge on any atom is -0.338 e. The Morgan fingerprint density at radius 2 is 2.06 bits per heavy atom. The molecule has 1 unspecified atom stereocenters. The molecule has 0 aliphatic carbocycles. The van der Waals surface area contributed by atoms with Crippen LogP contribution < -0.4 is 5.73 Å². The number of nitrogens with zero attached hydrogens (tertiary/aromatic N) is 1. The molecule has 0 aromatic carbocycles. The molecule has 1 saturated heterocycles. The van der Waals surface area contributed by atoms with E-state index in [4.69, 9.17) is 5.73 Å². The van der Waals surface area contributed by atoms with Crippen LogP contribution >= 0.6 is 12.4 Å². The largest absolute Gasteiger partial charge is 0.338 e. The predicted molar refractivity (Wildman–Crippen MR) is 69.8 cm³/mol. The number of hydrogen-bond acceptors (Lipinski definition) is 2. The van der Waals surface area contributed by atoms with Crippen LogP contribution in [0, 0.1) is 0 Å². The van der Waals surface area contributed by atoms with Crippen LogP contribution in [0.25, 0.3) is 0 Å². The fraction of sp³-hybridized carbons (Fsp3) is 0.917. The van der Waals surface area contributed by atoms with Crippen LogP contribution in [0.2, 0.25) is 0 Å². The van der Waals surface area contributed by atoms with Crippen molar-refractivity contribution in [2.45, 2.75) is 64.5 Å². The zero-order chi connectivity index (χ0) is 11.3. The Hall–Kier alpha value is -0.280. The molecule has 0 radical (unpaired) electrons. The summed E-state index contributed by atoms with van der Waals surface area (Å²) in [6.45, 7) is 5.04. The van der Waals surface area contributed by atoms with Gasteiger partial charge < -0.3 is 10.6 Å². The lowest BCUT2D eigenvalue weighted by Crippen LogP contribution is -2.48. The molecule has 0 spiro atoms. The molecule has 1 heterocycles. The average molecular weight is 249 g/mol. The number of carbonyl (C=O) groups is 1. The van der Waals surface area contributed by atoms with Crippen molar-refractivity contribution in [3.63, 3.8) is 0 Å². The average Bonchev–Trinajstić information content (AvgIpc) is 2.51. The highest BCUT2D eigenvalue weighted by molar-refractivity contribution is 5.85. The van der Waals surface area contributed by atoms with Gasteiger partial charge in [-0.3, -0.25) is 4.79 Å². The normalized spacial score (nSPS) is 23.2. The van der Waals surface area contributed by atoms with Gasteiger partial charge in [-0.15, -0.1) is 12.4 Å². The van der Waals surface area contributed by atoms with Crippen molar-refractivity contribution in [2.24, 2.45) is 5.73 Å². The van der Waals surface area contributed by atoms with E-state index in [0.717, 1.165) is 32.2 Å². The Kier molecular flexibility index (Phi) is 7.77. The Labute approximate surface area is 105 Å². The van der Waals surface area contributed by atoms with Crippen LogP contribution in [0.1, 0.15) is 52.4 Å². The third kappa shape index (κ3) is 3.95. The standard InChI is InChI=1S/C12H24N2O.ClH/c1-3-10-8-6-5-7-9-14(10)12(15)11(13)4-2;/h10-11H,3-9,13H2,1-2H3;1H/t10?,11-;/m0./s1. The number of nitrogens with two attached hydrogens (primary N) is 1. The summed E-state index contributed by atoms with van der Waals surface area (Å²) in [7, 11) is 0. The topological polar surface area (TPSA) is 46.3 Å². The number of carbonyl (C=O) groups excluding carboxylic acids is 1. The summed E-state index contributed by atoms with van der Waals surface area (Å²) < 4.78 is 0. The van der Waals surface area contributed by atoms with Gasteiger partial charge >= 0.3 is 0 Å². The molecule has 0 aromatic rings. The predicted octanol–water partition coefficient (Wildman–Crippen LogP) is 2.33. The molecule has 1 aliphatic heterocycles. The van der Waals surface area contributed by atoms with E-state index >= 15 is 0 Å². The highest BCUT2D eigenvalue weighted by Gasteiger charge is 2.26. The third-order valence-electron chi connectivity index (χ3n) is 3.39. The second kappa shape index (κ2) is 7.91. The molecule has 1 fully saturated rings. The first-order valence-electron chi connectivity index (χ1n) is 6.26. The van der Waals surface area contributed by atoms with E-state index < -0.39 is 0 Å². The van der Waals surface area contributed by atoms with E-state index in [2.05, 4.69) is 6.92 Å². The molecule has 3 nitrogen and oxygen atoms in total. The summed E-state index contributed by atoms with van der Waals surface area (Å²) in [6, 6.07) is 0.134. The molecule has 2 N–H and O–H groups in total. The van der Waals surface area contributed by atoms with E-state index in [1.54, 1.807) is 0 Å². The maximum Gasteiger partial charge on any atom is 0.239 e. The Morgan fingerprint density at radius 1 is 1.38 bits per heavy atom. The first-order chi connectivity index (χ1) is 7.20. The number of rotatable bonds is 3. The minimum absolute atomic E-state index is 0. The summed E-state index contributed by atoms with van der Waals surface area (Å²) in [5.74, 6) is 0.159. The second-order valence-electron chi connectivity index (χ2n) is 4.46. The van der Waals surface area contributed by atoms with Gasteiger partial charge in [0.2, 0.25) is 5.91 Å². The third-order valence-corrected chi connectivity index (χ3v) is 3.39. The van der Waals surface area contributed by atoms with E-state index in [1.165, 1.54) is 12.8 Å².